The SMILES string of the molecule is Cc1cc(C(=O)N2CCC(Cc3ccccc3)CC2)c2cc(F)ccc2n1. The Morgan fingerprint density at radius 1 is 1.11 bits per heavy atom. The molecule has 1 saturated heterocycles. The van der Waals surface area contributed by atoms with Gasteiger partial charge in [0, 0.05) is 24.2 Å². The van der Waals surface area contributed by atoms with Crippen LogP contribution in [0.4, 0.5) is 4.39 Å². The first-order valence-electron chi connectivity index (χ1n) is 9.50. The molecular weight excluding hydrogens is 339 g/mol. The first kappa shape index (κ1) is 17.7. The molecule has 0 N–H and O–H groups in total. The van der Waals surface area contributed by atoms with Crippen molar-refractivity contribution in [2.45, 2.75) is 26.2 Å². The molecule has 0 radical (unpaired) electrons. The predicted octanol–water partition coefficient (Wildman–Crippen LogP) is 4.78. The highest BCUT2D eigenvalue weighted by molar-refractivity contribution is 6.06. The van der Waals surface area contributed by atoms with Crippen molar-refractivity contribution < 1.29 is 9.18 Å². The van der Waals surface area contributed by atoms with Gasteiger partial charge in [-0.05, 0) is 61.9 Å². The van der Waals surface area contributed by atoms with E-state index in [0.29, 0.717) is 22.4 Å². The van der Waals surface area contributed by atoms with E-state index in [1.165, 1.54) is 17.7 Å². The van der Waals surface area contributed by atoms with Gasteiger partial charge >= 0.3 is 0 Å². The number of hydrogen-bond donors (Lipinski definition) is 0. The second-order valence-electron chi connectivity index (χ2n) is 7.40. The monoisotopic (exact) mass is 362 g/mol. The number of likely N-dealkylation sites (tertiary alicyclic amines) is 1. The van der Waals surface area contributed by atoms with E-state index in [1.54, 1.807) is 12.1 Å². The molecule has 0 aliphatic carbocycles. The molecule has 0 atom stereocenters. The van der Waals surface area contributed by atoms with E-state index in [1.807, 2.05) is 17.9 Å². The lowest BCUT2D eigenvalue weighted by molar-refractivity contribution is 0.0692. The lowest BCUT2D eigenvalue weighted by atomic mass is 9.90. The van der Waals surface area contributed by atoms with Gasteiger partial charge in [0.05, 0.1) is 11.1 Å². The van der Waals surface area contributed by atoms with E-state index in [0.717, 1.165) is 38.0 Å². The van der Waals surface area contributed by atoms with Gasteiger partial charge in [-0.25, -0.2) is 4.39 Å². The van der Waals surface area contributed by atoms with Crippen LogP contribution in [0.25, 0.3) is 10.9 Å². The third-order valence-electron chi connectivity index (χ3n) is 5.40. The summed E-state index contributed by atoms with van der Waals surface area (Å²) in [6.45, 7) is 3.36. The van der Waals surface area contributed by atoms with Crippen LogP contribution in [-0.4, -0.2) is 28.9 Å². The summed E-state index contributed by atoms with van der Waals surface area (Å²) in [5.74, 6) is 0.239. The van der Waals surface area contributed by atoms with Crippen LogP contribution in [0.1, 0.15) is 34.5 Å². The highest BCUT2D eigenvalue weighted by atomic mass is 19.1. The number of fused-ring (bicyclic) bond motifs is 1. The number of hydrogen-bond acceptors (Lipinski definition) is 2. The van der Waals surface area contributed by atoms with Crippen molar-refractivity contribution in [2.75, 3.05) is 13.1 Å². The molecule has 4 heteroatoms. The Hall–Kier alpha value is -2.75. The van der Waals surface area contributed by atoms with E-state index >= 15 is 0 Å². The number of aromatic nitrogens is 1. The minimum Gasteiger partial charge on any atom is -0.339 e. The fourth-order valence-electron chi connectivity index (χ4n) is 3.97. The second kappa shape index (κ2) is 7.47. The van der Waals surface area contributed by atoms with Gasteiger partial charge in [-0.3, -0.25) is 9.78 Å². The van der Waals surface area contributed by atoms with Crippen LogP contribution < -0.4 is 0 Å². The minimum absolute atomic E-state index is 0.0192. The molecule has 2 heterocycles. The van der Waals surface area contributed by atoms with Gasteiger partial charge in [-0.1, -0.05) is 30.3 Å². The highest BCUT2D eigenvalue weighted by Crippen LogP contribution is 2.26. The molecule has 1 aromatic heterocycles. The second-order valence-corrected chi connectivity index (χ2v) is 7.40. The lowest BCUT2D eigenvalue weighted by Gasteiger charge is -2.32. The largest absolute Gasteiger partial charge is 0.339 e. The van der Waals surface area contributed by atoms with E-state index in [4.69, 9.17) is 0 Å². The van der Waals surface area contributed by atoms with Crippen LogP contribution in [0.3, 0.4) is 0 Å². The van der Waals surface area contributed by atoms with Gasteiger partial charge in [0.2, 0.25) is 0 Å². The van der Waals surface area contributed by atoms with Crippen LogP contribution in [0.2, 0.25) is 0 Å². The van der Waals surface area contributed by atoms with Gasteiger partial charge in [-0.15, -0.1) is 0 Å². The molecule has 1 aliphatic heterocycles. The molecular formula is C23H23FN2O. The summed E-state index contributed by atoms with van der Waals surface area (Å²) >= 11 is 0. The molecule has 4 rings (SSSR count). The Kier molecular flexibility index (Phi) is 4.88. The minimum atomic E-state index is -0.344. The van der Waals surface area contributed by atoms with Crippen molar-refractivity contribution in [3.05, 3.63) is 77.2 Å². The number of carbonyl (C=O) groups excluding carboxylic acids is 1. The maximum Gasteiger partial charge on any atom is 0.254 e. The fraction of sp³-hybridized carbons (Fsp3) is 0.304. The molecule has 2 aromatic carbocycles. The van der Waals surface area contributed by atoms with Crippen molar-refractivity contribution in [3.63, 3.8) is 0 Å². The van der Waals surface area contributed by atoms with Crippen molar-refractivity contribution in [1.29, 1.82) is 0 Å². The van der Waals surface area contributed by atoms with Crippen molar-refractivity contribution in [2.24, 2.45) is 5.92 Å². The molecule has 3 aromatic rings. The number of halogens is 1. The summed E-state index contributed by atoms with van der Waals surface area (Å²) < 4.78 is 13.7. The van der Waals surface area contributed by atoms with Gasteiger partial charge in [0.1, 0.15) is 5.82 Å². The van der Waals surface area contributed by atoms with Gasteiger partial charge in [0.15, 0.2) is 0 Å². The number of amides is 1. The number of piperidine rings is 1. The van der Waals surface area contributed by atoms with Crippen molar-refractivity contribution >= 4 is 16.8 Å². The van der Waals surface area contributed by atoms with Crippen LogP contribution >= 0.6 is 0 Å². The Bertz CT molecular complexity index is 963. The summed E-state index contributed by atoms with van der Waals surface area (Å²) in [5, 5.41) is 0.594. The number of rotatable bonds is 3. The molecule has 0 bridgehead atoms. The average molecular weight is 362 g/mol. The Morgan fingerprint density at radius 2 is 1.85 bits per heavy atom. The summed E-state index contributed by atoms with van der Waals surface area (Å²) in [6, 6.07) is 16.7. The third-order valence-corrected chi connectivity index (χ3v) is 5.40. The summed E-state index contributed by atoms with van der Waals surface area (Å²) in [6.07, 6.45) is 3.05. The molecule has 3 nitrogen and oxygen atoms in total. The molecule has 1 fully saturated rings. The zero-order valence-corrected chi connectivity index (χ0v) is 15.5. The van der Waals surface area contributed by atoms with Crippen molar-refractivity contribution in [1.82, 2.24) is 9.88 Å². The summed E-state index contributed by atoms with van der Waals surface area (Å²) in [4.78, 5) is 19.4. The zero-order valence-electron chi connectivity index (χ0n) is 15.5. The summed E-state index contributed by atoms with van der Waals surface area (Å²) in [5.41, 5.74) is 3.35. The number of pyridine rings is 1. The van der Waals surface area contributed by atoms with Gasteiger partial charge in [0.25, 0.3) is 5.91 Å². The quantitative estimate of drug-likeness (QED) is 0.672. The number of aryl methyl sites for hydroxylation is 1. The number of benzene rings is 2. The standard InChI is InChI=1S/C23H23FN2O/c1-16-13-21(20-15-19(24)7-8-22(20)25-16)23(27)26-11-9-18(10-12-26)14-17-5-3-2-4-6-17/h2-8,13,15,18H,9-12,14H2,1H3. The Morgan fingerprint density at radius 3 is 2.59 bits per heavy atom. The molecule has 0 spiro atoms. The number of nitrogens with zero attached hydrogens (tertiary/aromatic N) is 2. The normalized spacial score (nSPS) is 15.3. The first-order chi connectivity index (χ1) is 13.1. The Balaban J connectivity index is 1.50. The fourth-order valence-corrected chi connectivity index (χ4v) is 3.97. The highest BCUT2D eigenvalue weighted by Gasteiger charge is 2.25. The van der Waals surface area contributed by atoms with E-state index < -0.39 is 0 Å². The Labute approximate surface area is 158 Å². The van der Waals surface area contributed by atoms with E-state index in [9.17, 15) is 9.18 Å². The maximum atomic E-state index is 13.7. The number of carbonyl (C=O) groups is 1. The average Bonchev–Trinajstić information content (AvgIpc) is 2.68. The van der Waals surface area contributed by atoms with Crippen LogP contribution in [-0.2, 0) is 6.42 Å². The molecule has 0 saturated carbocycles. The first-order valence-corrected chi connectivity index (χ1v) is 9.50. The molecule has 0 unspecified atom stereocenters. The summed E-state index contributed by atoms with van der Waals surface area (Å²) in [7, 11) is 0. The van der Waals surface area contributed by atoms with Crippen LogP contribution in [0.5, 0.6) is 0 Å². The van der Waals surface area contributed by atoms with Crippen LogP contribution in [0, 0.1) is 18.7 Å². The molecule has 1 aliphatic rings. The van der Waals surface area contributed by atoms with Crippen LogP contribution in [0.15, 0.2) is 54.6 Å². The topological polar surface area (TPSA) is 33.2 Å². The smallest absolute Gasteiger partial charge is 0.254 e. The van der Waals surface area contributed by atoms with Crippen molar-refractivity contribution in [3.8, 4) is 0 Å². The molecule has 27 heavy (non-hydrogen) atoms. The maximum absolute atomic E-state index is 13.7. The van der Waals surface area contributed by atoms with Gasteiger partial charge in [-0.2, -0.15) is 0 Å². The van der Waals surface area contributed by atoms with E-state index in [2.05, 4.69) is 29.2 Å². The zero-order chi connectivity index (χ0) is 18.8. The third kappa shape index (κ3) is 3.85. The molecule has 138 valence electrons. The van der Waals surface area contributed by atoms with Gasteiger partial charge < -0.3 is 4.90 Å². The molecule has 1 amide bonds. The predicted molar refractivity (Wildman–Crippen MR) is 105 cm³/mol. The van der Waals surface area contributed by atoms with E-state index in [-0.39, 0.29) is 11.7 Å². The lowest BCUT2D eigenvalue weighted by Crippen LogP contribution is -2.39.